The van der Waals surface area contributed by atoms with Gasteiger partial charge in [0.25, 0.3) is 0 Å². The number of esters is 1. The predicted octanol–water partition coefficient (Wildman–Crippen LogP) is 7.95. The van der Waals surface area contributed by atoms with Gasteiger partial charge in [-0.25, -0.2) is 14.4 Å². The molecule has 3 aromatic carbocycles. The minimum absolute atomic E-state index is 0.0229. The molecule has 1 atom stereocenters. The van der Waals surface area contributed by atoms with E-state index in [1.807, 2.05) is 87.5 Å². The van der Waals surface area contributed by atoms with Gasteiger partial charge in [0.15, 0.2) is 0 Å². The van der Waals surface area contributed by atoms with Gasteiger partial charge in [0.2, 0.25) is 0 Å². The lowest BCUT2D eigenvalue weighted by molar-refractivity contribution is -0.155. The molecule has 0 bridgehead atoms. The normalized spacial score (nSPS) is 11.8. The fraction of sp³-hybridized carbons (Fsp3) is 0.222. The highest BCUT2D eigenvalue weighted by molar-refractivity contribution is 5.71. The van der Waals surface area contributed by atoms with Crippen LogP contribution in [0.25, 0.3) is 11.3 Å². The Morgan fingerprint density at radius 2 is 1.58 bits per heavy atom. The van der Waals surface area contributed by atoms with E-state index in [9.17, 15) is 9.18 Å². The van der Waals surface area contributed by atoms with Crippen molar-refractivity contribution in [2.75, 3.05) is 12.4 Å². The van der Waals surface area contributed by atoms with Crippen LogP contribution < -0.4 is 14.8 Å². The van der Waals surface area contributed by atoms with Gasteiger partial charge in [0.05, 0.1) is 24.9 Å². The molecule has 45 heavy (non-hydrogen) atoms. The number of hydrogen-bond donors (Lipinski definition) is 1. The molecule has 8 nitrogen and oxygen atoms in total. The molecule has 0 aliphatic carbocycles. The molecule has 0 saturated carbocycles. The molecule has 2 aromatic heterocycles. The first-order chi connectivity index (χ1) is 21.6. The lowest BCUT2D eigenvalue weighted by Gasteiger charge is -2.22. The lowest BCUT2D eigenvalue weighted by Crippen LogP contribution is -2.25. The van der Waals surface area contributed by atoms with Crippen molar-refractivity contribution in [2.24, 2.45) is 0 Å². The molecule has 0 radical (unpaired) electrons. The number of ether oxygens (including phenoxy) is 3. The third-order valence-electron chi connectivity index (χ3n) is 6.82. The number of carbonyl (C=O) groups excluding carboxylic acids is 1. The van der Waals surface area contributed by atoms with Gasteiger partial charge in [-0.1, -0.05) is 30.3 Å². The first kappa shape index (κ1) is 31.1. The van der Waals surface area contributed by atoms with Crippen LogP contribution in [0.4, 0.5) is 10.2 Å². The standard InChI is InChI=1S/C36H35FN4O4/c1-36(2,3)45-34(42)22-30(25-10-14-27(37)15-11-25)32-20-21-38-35(41-32)44-29-18-12-26(13-19-29)31-6-5-7-33(40-31)39-23-24-8-16-28(43-4)17-9-24/h5-21,30H,22-23H2,1-4H3,(H,39,40). The van der Waals surface area contributed by atoms with Crippen molar-refractivity contribution < 1.29 is 23.4 Å². The van der Waals surface area contributed by atoms with E-state index in [1.54, 1.807) is 31.5 Å². The molecule has 0 aliphatic heterocycles. The van der Waals surface area contributed by atoms with Crippen molar-refractivity contribution in [2.45, 2.75) is 45.3 Å². The zero-order chi connectivity index (χ0) is 31.8. The molecule has 0 saturated heterocycles. The molecule has 5 aromatic rings. The second-order valence-electron chi connectivity index (χ2n) is 11.4. The molecule has 0 amide bonds. The van der Waals surface area contributed by atoms with E-state index in [0.717, 1.165) is 34.0 Å². The Morgan fingerprint density at radius 1 is 0.867 bits per heavy atom. The number of rotatable bonds is 11. The van der Waals surface area contributed by atoms with Crippen LogP contribution in [0.3, 0.4) is 0 Å². The van der Waals surface area contributed by atoms with Gasteiger partial charge in [-0.05, 0) is 98.6 Å². The maximum Gasteiger partial charge on any atom is 0.322 e. The number of carbonyl (C=O) groups is 1. The van der Waals surface area contributed by atoms with Gasteiger partial charge < -0.3 is 19.5 Å². The van der Waals surface area contributed by atoms with Crippen LogP contribution in [0.1, 0.15) is 49.9 Å². The summed E-state index contributed by atoms with van der Waals surface area (Å²) < 4.78 is 30.4. The van der Waals surface area contributed by atoms with Gasteiger partial charge in [-0.15, -0.1) is 0 Å². The number of halogens is 1. The van der Waals surface area contributed by atoms with Crippen molar-refractivity contribution in [3.05, 3.63) is 126 Å². The van der Waals surface area contributed by atoms with Crippen LogP contribution in [-0.2, 0) is 16.1 Å². The number of pyridine rings is 1. The van der Waals surface area contributed by atoms with E-state index in [0.29, 0.717) is 18.0 Å². The summed E-state index contributed by atoms with van der Waals surface area (Å²) in [6.07, 6.45) is 1.60. The predicted molar refractivity (Wildman–Crippen MR) is 171 cm³/mol. The van der Waals surface area contributed by atoms with E-state index in [1.165, 1.54) is 12.1 Å². The first-order valence-electron chi connectivity index (χ1n) is 14.6. The molecular formula is C36H35FN4O4. The van der Waals surface area contributed by atoms with Crippen LogP contribution in [-0.4, -0.2) is 33.6 Å². The molecule has 0 aliphatic rings. The number of hydrogen-bond acceptors (Lipinski definition) is 8. The summed E-state index contributed by atoms with van der Waals surface area (Å²) >= 11 is 0. The number of benzene rings is 3. The molecule has 2 heterocycles. The van der Waals surface area contributed by atoms with Gasteiger partial charge in [0, 0.05) is 24.2 Å². The minimum Gasteiger partial charge on any atom is -0.497 e. The zero-order valence-corrected chi connectivity index (χ0v) is 25.7. The van der Waals surface area contributed by atoms with E-state index in [-0.39, 0.29) is 24.2 Å². The molecular weight excluding hydrogens is 571 g/mol. The highest BCUT2D eigenvalue weighted by Crippen LogP contribution is 2.30. The second kappa shape index (κ2) is 14.0. The van der Waals surface area contributed by atoms with Crippen LogP contribution in [0.2, 0.25) is 0 Å². The zero-order valence-electron chi connectivity index (χ0n) is 25.7. The maximum absolute atomic E-state index is 13.7. The maximum atomic E-state index is 13.7. The summed E-state index contributed by atoms with van der Waals surface area (Å²) in [5.41, 5.74) is 3.48. The first-order valence-corrected chi connectivity index (χ1v) is 14.6. The third-order valence-corrected chi connectivity index (χ3v) is 6.82. The summed E-state index contributed by atoms with van der Waals surface area (Å²) in [6, 6.07) is 29.0. The Morgan fingerprint density at radius 3 is 2.27 bits per heavy atom. The monoisotopic (exact) mass is 606 g/mol. The molecule has 5 rings (SSSR count). The number of aromatic nitrogens is 3. The second-order valence-corrected chi connectivity index (χ2v) is 11.4. The number of nitrogens with zero attached hydrogens (tertiary/aromatic N) is 3. The molecule has 9 heteroatoms. The van der Waals surface area contributed by atoms with Crippen molar-refractivity contribution in [1.29, 1.82) is 0 Å². The average molecular weight is 607 g/mol. The van der Waals surface area contributed by atoms with Crippen molar-refractivity contribution in [3.63, 3.8) is 0 Å². The van der Waals surface area contributed by atoms with E-state index in [4.69, 9.17) is 19.2 Å². The van der Waals surface area contributed by atoms with E-state index >= 15 is 0 Å². The number of nitrogens with one attached hydrogen (secondary N) is 1. The Hall–Kier alpha value is -5.31. The topological polar surface area (TPSA) is 95.5 Å². The Labute approximate surface area is 262 Å². The Bertz CT molecular complexity index is 1720. The number of anilines is 1. The molecule has 1 N–H and O–H groups in total. The summed E-state index contributed by atoms with van der Waals surface area (Å²) in [6.45, 7) is 6.07. The smallest absolute Gasteiger partial charge is 0.322 e. The Kier molecular flexibility index (Phi) is 9.67. The van der Waals surface area contributed by atoms with E-state index < -0.39 is 11.5 Å². The molecule has 1 unspecified atom stereocenters. The quantitative estimate of drug-likeness (QED) is 0.151. The molecule has 0 fully saturated rings. The Balaban J connectivity index is 1.28. The SMILES string of the molecule is COc1ccc(CNc2cccc(-c3ccc(Oc4nccc(C(CC(=O)OC(C)(C)C)c5ccc(F)cc5)n4)cc3)n2)cc1. The number of methoxy groups -OCH3 is 1. The largest absolute Gasteiger partial charge is 0.497 e. The van der Waals surface area contributed by atoms with Crippen molar-refractivity contribution in [1.82, 2.24) is 15.0 Å². The lowest BCUT2D eigenvalue weighted by atomic mass is 9.92. The van der Waals surface area contributed by atoms with Gasteiger partial charge in [-0.3, -0.25) is 4.79 Å². The van der Waals surface area contributed by atoms with Gasteiger partial charge >= 0.3 is 12.0 Å². The van der Waals surface area contributed by atoms with Crippen LogP contribution in [0, 0.1) is 5.82 Å². The fourth-order valence-corrected chi connectivity index (χ4v) is 4.66. The summed E-state index contributed by atoms with van der Waals surface area (Å²) in [5, 5.41) is 3.36. The highest BCUT2D eigenvalue weighted by atomic mass is 19.1. The molecule has 0 spiro atoms. The minimum atomic E-state index is -0.638. The summed E-state index contributed by atoms with van der Waals surface area (Å²) in [7, 11) is 1.65. The van der Waals surface area contributed by atoms with Crippen LogP contribution >= 0.6 is 0 Å². The van der Waals surface area contributed by atoms with Gasteiger partial charge in [-0.2, -0.15) is 4.98 Å². The average Bonchev–Trinajstić information content (AvgIpc) is 3.03. The van der Waals surface area contributed by atoms with Crippen LogP contribution in [0.15, 0.2) is 103 Å². The highest BCUT2D eigenvalue weighted by Gasteiger charge is 2.25. The van der Waals surface area contributed by atoms with Gasteiger partial charge in [0.1, 0.15) is 28.7 Å². The third kappa shape index (κ3) is 8.86. The molecule has 230 valence electrons. The van der Waals surface area contributed by atoms with E-state index in [2.05, 4.69) is 15.3 Å². The van der Waals surface area contributed by atoms with Crippen LogP contribution in [0.5, 0.6) is 17.5 Å². The summed E-state index contributed by atoms with van der Waals surface area (Å²) in [4.78, 5) is 26.4. The summed E-state index contributed by atoms with van der Waals surface area (Å²) in [5.74, 6) is 0.882. The van der Waals surface area contributed by atoms with Crippen molar-refractivity contribution in [3.8, 4) is 28.8 Å². The fourth-order valence-electron chi connectivity index (χ4n) is 4.66. The van der Waals surface area contributed by atoms with Crippen molar-refractivity contribution >= 4 is 11.8 Å².